The standard InChI is InChI=1S/C18H20N2O/c1-19-12-20-14(11-21)10-13-6-2-3-7-15(13)18(20)16-8-4-5-9-17(16)19/h2-9,14,18,21H,10-12H2,1H3/t14-,18-/m0/s1. The van der Waals surface area contributed by atoms with E-state index in [-0.39, 0.29) is 18.7 Å². The number of nitrogens with zero attached hydrogens (tertiary/aromatic N) is 2. The van der Waals surface area contributed by atoms with Crippen LogP contribution in [0.4, 0.5) is 5.69 Å². The zero-order chi connectivity index (χ0) is 14.4. The molecule has 0 saturated heterocycles. The highest BCUT2D eigenvalue weighted by atomic mass is 16.3. The molecule has 0 aliphatic carbocycles. The van der Waals surface area contributed by atoms with E-state index >= 15 is 0 Å². The number of hydrogen-bond donors (Lipinski definition) is 1. The Bertz CT molecular complexity index is 670. The van der Waals surface area contributed by atoms with Crippen molar-refractivity contribution in [3.8, 4) is 0 Å². The summed E-state index contributed by atoms with van der Waals surface area (Å²) in [6.45, 7) is 1.07. The molecule has 21 heavy (non-hydrogen) atoms. The Balaban J connectivity index is 1.92. The highest BCUT2D eigenvalue weighted by Crippen LogP contribution is 2.44. The molecule has 0 spiro atoms. The van der Waals surface area contributed by atoms with E-state index in [2.05, 4.69) is 65.4 Å². The van der Waals surface area contributed by atoms with Gasteiger partial charge in [-0.1, -0.05) is 42.5 Å². The normalized spacial score (nSPS) is 24.2. The number of aliphatic hydroxyl groups excluding tert-OH is 1. The fourth-order valence-electron chi connectivity index (χ4n) is 3.85. The van der Waals surface area contributed by atoms with E-state index in [4.69, 9.17) is 0 Å². The van der Waals surface area contributed by atoms with Gasteiger partial charge in [-0.2, -0.15) is 0 Å². The molecule has 1 N–H and O–H groups in total. The Morgan fingerprint density at radius 2 is 1.76 bits per heavy atom. The van der Waals surface area contributed by atoms with E-state index in [9.17, 15) is 5.11 Å². The second kappa shape index (κ2) is 4.86. The van der Waals surface area contributed by atoms with Gasteiger partial charge in [-0.25, -0.2) is 0 Å². The molecule has 4 rings (SSSR count). The number of para-hydroxylation sites is 1. The lowest BCUT2D eigenvalue weighted by Crippen LogP contribution is -2.53. The molecule has 2 heterocycles. The summed E-state index contributed by atoms with van der Waals surface area (Å²) in [6, 6.07) is 17.8. The maximum atomic E-state index is 9.83. The quantitative estimate of drug-likeness (QED) is 0.869. The number of hydrogen-bond acceptors (Lipinski definition) is 3. The van der Waals surface area contributed by atoms with Gasteiger partial charge in [-0.15, -0.1) is 0 Å². The van der Waals surface area contributed by atoms with Gasteiger partial charge in [0.05, 0.1) is 19.3 Å². The van der Waals surface area contributed by atoms with Crippen LogP contribution in [-0.4, -0.2) is 36.4 Å². The minimum absolute atomic E-state index is 0.195. The van der Waals surface area contributed by atoms with Crippen LogP contribution in [-0.2, 0) is 6.42 Å². The van der Waals surface area contributed by atoms with Crippen LogP contribution in [0.5, 0.6) is 0 Å². The Morgan fingerprint density at radius 1 is 1.05 bits per heavy atom. The van der Waals surface area contributed by atoms with E-state index in [0.29, 0.717) is 0 Å². The molecule has 2 aromatic rings. The monoisotopic (exact) mass is 280 g/mol. The Labute approximate surface area is 125 Å². The average molecular weight is 280 g/mol. The molecular formula is C18H20N2O. The number of aliphatic hydroxyl groups is 1. The zero-order valence-corrected chi connectivity index (χ0v) is 12.2. The van der Waals surface area contributed by atoms with Crippen LogP contribution in [0, 0.1) is 0 Å². The topological polar surface area (TPSA) is 26.7 Å². The van der Waals surface area contributed by atoms with E-state index in [1.165, 1.54) is 22.4 Å². The maximum absolute atomic E-state index is 9.83. The predicted molar refractivity (Wildman–Crippen MR) is 84.4 cm³/mol. The van der Waals surface area contributed by atoms with Crippen molar-refractivity contribution < 1.29 is 5.11 Å². The number of anilines is 1. The van der Waals surface area contributed by atoms with Crippen molar-refractivity contribution in [2.24, 2.45) is 0 Å². The lowest BCUT2D eigenvalue weighted by atomic mass is 9.83. The smallest absolute Gasteiger partial charge is 0.0715 e. The van der Waals surface area contributed by atoms with Gasteiger partial charge >= 0.3 is 0 Å². The van der Waals surface area contributed by atoms with Gasteiger partial charge in [-0.05, 0) is 29.2 Å². The van der Waals surface area contributed by atoms with E-state index in [1.54, 1.807) is 0 Å². The number of benzene rings is 2. The Kier molecular flexibility index (Phi) is 2.98. The summed E-state index contributed by atoms with van der Waals surface area (Å²) >= 11 is 0. The molecule has 2 aliphatic rings. The molecule has 0 bridgehead atoms. The average Bonchev–Trinajstić information content (AvgIpc) is 2.54. The third kappa shape index (κ3) is 1.88. The van der Waals surface area contributed by atoms with Crippen LogP contribution in [0.1, 0.15) is 22.7 Å². The van der Waals surface area contributed by atoms with Crippen molar-refractivity contribution >= 4 is 5.69 Å². The van der Waals surface area contributed by atoms with Crippen molar-refractivity contribution in [3.05, 3.63) is 65.2 Å². The van der Waals surface area contributed by atoms with Crippen molar-refractivity contribution in [1.82, 2.24) is 4.90 Å². The predicted octanol–water partition coefficient (Wildman–Crippen LogP) is 2.40. The molecule has 0 amide bonds. The molecule has 0 fully saturated rings. The SMILES string of the molecule is CN1CN2[C@H](CO)Cc3ccccc3[C@H]2c2ccccc21. The molecule has 3 heteroatoms. The van der Waals surface area contributed by atoms with Crippen molar-refractivity contribution in [2.45, 2.75) is 18.5 Å². The fraction of sp³-hybridized carbons (Fsp3) is 0.333. The summed E-state index contributed by atoms with van der Waals surface area (Å²) in [5.74, 6) is 0. The summed E-state index contributed by atoms with van der Waals surface area (Å²) in [5.41, 5.74) is 5.41. The Morgan fingerprint density at radius 3 is 2.57 bits per heavy atom. The van der Waals surface area contributed by atoms with Crippen molar-refractivity contribution in [2.75, 3.05) is 25.2 Å². The van der Waals surface area contributed by atoms with Crippen LogP contribution >= 0.6 is 0 Å². The summed E-state index contributed by atoms with van der Waals surface area (Å²) < 4.78 is 0. The summed E-state index contributed by atoms with van der Waals surface area (Å²) in [4.78, 5) is 4.72. The van der Waals surface area contributed by atoms with Gasteiger partial charge in [0.1, 0.15) is 0 Å². The molecular weight excluding hydrogens is 260 g/mol. The first-order chi connectivity index (χ1) is 10.3. The van der Waals surface area contributed by atoms with Gasteiger partial charge < -0.3 is 10.0 Å². The molecule has 2 atom stereocenters. The first-order valence-corrected chi connectivity index (χ1v) is 7.54. The van der Waals surface area contributed by atoms with Gasteiger partial charge in [0.2, 0.25) is 0 Å². The fourth-order valence-corrected chi connectivity index (χ4v) is 3.85. The summed E-state index contributed by atoms with van der Waals surface area (Å²) in [5, 5.41) is 9.83. The van der Waals surface area contributed by atoms with E-state index in [0.717, 1.165) is 13.1 Å². The molecule has 0 radical (unpaired) electrons. The largest absolute Gasteiger partial charge is 0.395 e. The molecule has 0 aromatic heterocycles. The van der Waals surface area contributed by atoms with Crippen LogP contribution < -0.4 is 4.90 Å². The summed E-state index contributed by atoms with van der Waals surface area (Å²) in [7, 11) is 2.13. The first-order valence-electron chi connectivity index (χ1n) is 7.54. The molecule has 3 nitrogen and oxygen atoms in total. The molecule has 0 saturated carbocycles. The van der Waals surface area contributed by atoms with Crippen LogP contribution in [0.15, 0.2) is 48.5 Å². The van der Waals surface area contributed by atoms with Gasteiger partial charge in [0.15, 0.2) is 0 Å². The second-order valence-electron chi connectivity index (χ2n) is 6.05. The maximum Gasteiger partial charge on any atom is 0.0715 e. The third-order valence-corrected chi connectivity index (χ3v) is 4.83. The molecule has 0 unspecified atom stereocenters. The summed E-state index contributed by atoms with van der Waals surface area (Å²) in [6.07, 6.45) is 0.930. The molecule has 2 aliphatic heterocycles. The zero-order valence-electron chi connectivity index (χ0n) is 12.2. The van der Waals surface area contributed by atoms with Crippen LogP contribution in [0.3, 0.4) is 0 Å². The molecule has 108 valence electrons. The minimum atomic E-state index is 0.195. The lowest BCUT2D eigenvalue weighted by molar-refractivity contribution is 0.0814. The number of rotatable bonds is 1. The number of fused-ring (bicyclic) bond motifs is 5. The molecule has 2 aromatic carbocycles. The minimum Gasteiger partial charge on any atom is -0.395 e. The van der Waals surface area contributed by atoms with Crippen LogP contribution in [0.25, 0.3) is 0 Å². The van der Waals surface area contributed by atoms with Crippen molar-refractivity contribution in [1.29, 1.82) is 0 Å². The van der Waals surface area contributed by atoms with Crippen LogP contribution in [0.2, 0.25) is 0 Å². The van der Waals surface area contributed by atoms with E-state index < -0.39 is 0 Å². The van der Waals surface area contributed by atoms with Gasteiger partial charge in [0, 0.05) is 18.8 Å². The van der Waals surface area contributed by atoms with Gasteiger partial charge in [-0.3, -0.25) is 4.90 Å². The highest BCUT2D eigenvalue weighted by molar-refractivity contribution is 5.60. The third-order valence-electron chi connectivity index (χ3n) is 4.83. The highest BCUT2D eigenvalue weighted by Gasteiger charge is 2.39. The van der Waals surface area contributed by atoms with E-state index in [1.807, 2.05) is 0 Å². The van der Waals surface area contributed by atoms with Gasteiger partial charge in [0.25, 0.3) is 0 Å². The second-order valence-corrected chi connectivity index (χ2v) is 6.05. The lowest BCUT2D eigenvalue weighted by Gasteiger charge is -2.49. The van der Waals surface area contributed by atoms with Crippen molar-refractivity contribution in [3.63, 3.8) is 0 Å². The Hall–Kier alpha value is -1.84. The first kappa shape index (κ1) is 12.9.